The molecule has 0 spiro atoms. The molecule has 72 valence electrons. The standard InChI is InChI=1S/C9H9FN4/c10-7-2-1-3-12-9(7)8-4-6(5-11)13-14-8/h1-4H,5,11H2,(H,13,14). The Bertz CT molecular complexity index is 438. The highest BCUT2D eigenvalue weighted by Gasteiger charge is 2.08. The van der Waals surface area contributed by atoms with E-state index < -0.39 is 0 Å². The van der Waals surface area contributed by atoms with Crippen molar-refractivity contribution >= 4 is 0 Å². The second kappa shape index (κ2) is 3.55. The monoisotopic (exact) mass is 192 g/mol. The Morgan fingerprint density at radius 2 is 2.36 bits per heavy atom. The fraction of sp³-hybridized carbons (Fsp3) is 0.111. The molecule has 2 heterocycles. The number of pyridine rings is 1. The van der Waals surface area contributed by atoms with Gasteiger partial charge in [-0.3, -0.25) is 10.1 Å². The maximum absolute atomic E-state index is 13.2. The molecule has 0 saturated heterocycles. The van der Waals surface area contributed by atoms with Crippen LogP contribution in [0.4, 0.5) is 4.39 Å². The van der Waals surface area contributed by atoms with E-state index in [0.29, 0.717) is 12.2 Å². The number of hydrogen-bond donors (Lipinski definition) is 2. The summed E-state index contributed by atoms with van der Waals surface area (Å²) >= 11 is 0. The Labute approximate surface area is 80.0 Å². The van der Waals surface area contributed by atoms with E-state index in [1.54, 1.807) is 6.07 Å². The van der Waals surface area contributed by atoms with Crippen molar-refractivity contribution in [2.45, 2.75) is 6.54 Å². The highest BCUT2D eigenvalue weighted by Crippen LogP contribution is 2.17. The third kappa shape index (κ3) is 1.49. The molecule has 0 atom stereocenters. The molecule has 14 heavy (non-hydrogen) atoms. The molecule has 0 aliphatic carbocycles. The predicted octanol–water partition coefficient (Wildman–Crippen LogP) is 1.07. The van der Waals surface area contributed by atoms with E-state index in [2.05, 4.69) is 15.2 Å². The van der Waals surface area contributed by atoms with Gasteiger partial charge in [0.15, 0.2) is 5.82 Å². The molecule has 3 N–H and O–H groups in total. The van der Waals surface area contributed by atoms with Crippen LogP contribution in [-0.4, -0.2) is 15.2 Å². The second-order valence-corrected chi connectivity index (χ2v) is 2.82. The van der Waals surface area contributed by atoms with Gasteiger partial charge >= 0.3 is 0 Å². The lowest BCUT2D eigenvalue weighted by Crippen LogP contribution is -1.95. The predicted molar refractivity (Wildman–Crippen MR) is 49.7 cm³/mol. The Kier molecular flexibility index (Phi) is 2.24. The Balaban J connectivity index is 2.44. The van der Waals surface area contributed by atoms with Gasteiger partial charge in [-0.25, -0.2) is 4.39 Å². The van der Waals surface area contributed by atoms with Gasteiger partial charge in [-0.15, -0.1) is 0 Å². The van der Waals surface area contributed by atoms with Crippen molar-refractivity contribution < 1.29 is 4.39 Å². The SMILES string of the molecule is NCc1cc(-c2ncccc2F)n[nH]1. The topological polar surface area (TPSA) is 67.6 Å². The van der Waals surface area contributed by atoms with Gasteiger partial charge in [0, 0.05) is 18.4 Å². The number of rotatable bonds is 2. The van der Waals surface area contributed by atoms with Crippen LogP contribution in [0.15, 0.2) is 24.4 Å². The highest BCUT2D eigenvalue weighted by molar-refractivity contribution is 5.54. The number of nitrogens with one attached hydrogen (secondary N) is 1. The van der Waals surface area contributed by atoms with Crippen LogP contribution in [0.1, 0.15) is 5.69 Å². The second-order valence-electron chi connectivity index (χ2n) is 2.82. The molecule has 0 aromatic carbocycles. The zero-order chi connectivity index (χ0) is 9.97. The van der Waals surface area contributed by atoms with Crippen molar-refractivity contribution in [2.24, 2.45) is 5.73 Å². The molecule has 0 amide bonds. The summed E-state index contributed by atoms with van der Waals surface area (Å²) in [6.45, 7) is 0.349. The summed E-state index contributed by atoms with van der Waals surface area (Å²) in [6.07, 6.45) is 1.52. The minimum Gasteiger partial charge on any atom is -0.325 e. The molecule has 0 bridgehead atoms. The van der Waals surface area contributed by atoms with Gasteiger partial charge < -0.3 is 5.73 Å². The molecule has 0 radical (unpaired) electrons. The summed E-state index contributed by atoms with van der Waals surface area (Å²) in [5, 5.41) is 6.61. The van der Waals surface area contributed by atoms with E-state index in [4.69, 9.17) is 5.73 Å². The number of aromatic nitrogens is 3. The molecule has 0 unspecified atom stereocenters. The maximum atomic E-state index is 13.2. The molecular formula is C9H9FN4. The summed E-state index contributed by atoms with van der Waals surface area (Å²) in [5.74, 6) is -0.387. The van der Waals surface area contributed by atoms with Crippen LogP contribution in [-0.2, 0) is 6.54 Å². The van der Waals surface area contributed by atoms with E-state index in [1.807, 2.05) is 0 Å². The van der Waals surface area contributed by atoms with Gasteiger partial charge in [-0.05, 0) is 18.2 Å². The first-order valence-corrected chi connectivity index (χ1v) is 4.16. The van der Waals surface area contributed by atoms with Crippen molar-refractivity contribution in [3.63, 3.8) is 0 Å². The lowest BCUT2D eigenvalue weighted by molar-refractivity contribution is 0.625. The molecule has 2 aromatic rings. The van der Waals surface area contributed by atoms with Crippen molar-refractivity contribution in [1.82, 2.24) is 15.2 Å². The van der Waals surface area contributed by atoms with Gasteiger partial charge in [0.2, 0.25) is 0 Å². The molecule has 0 fully saturated rings. The van der Waals surface area contributed by atoms with Gasteiger partial charge in [0.05, 0.1) is 0 Å². The molecule has 4 nitrogen and oxygen atoms in total. The molecule has 5 heteroatoms. The first kappa shape index (κ1) is 8.83. The zero-order valence-corrected chi connectivity index (χ0v) is 7.37. The first-order chi connectivity index (χ1) is 6.81. The molecule has 0 saturated carbocycles. The van der Waals surface area contributed by atoms with Crippen molar-refractivity contribution in [3.8, 4) is 11.4 Å². The number of aromatic amines is 1. The largest absolute Gasteiger partial charge is 0.325 e. The number of H-pyrrole nitrogens is 1. The van der Waals surface area contributed by atoms with Crippen LogP contribution in [0.25, 0.3) is 11.4 Å². The minimum absolute atomic E-state index is 0.239. The van der Waals surface area contributed by atoms with Crippen LogP contribution in [0.3, 0.4) is 0 Å². The van der Waals surface area contributed by atoms with Gasteiger partial charge in [-0.1, -0.05) is 0 Å². The van der Waals surface area contributed by atoms with Crippen molar-refractivity contribution in [2.75, 3.05) is 0 Å². The summed E-state index contributed by atoms with van der Waals surface area (Å²) in [6, 6.07) is 4.57. The molecule has 0 aliphatic heterocycles. The quantitative estimate of drug-likeness (QED) is 0.747. The fourth-order valence-electron chi connectivity index (χ4n) is 1.16. The smallest absolute Gasteiger partial charge is 0.151 e. The lowest BCUT2D eigenvalue weighted by atomic mass is 10.2. The average Bonchev–Trinajstić information content (AvgIpc) is 2.67. The third-order valence-electron chi connectivity index (χ3n) is 1.85. The van der Waals surface area contributed by atoms with Crippen LogP contribution in [0.5, 0.6) is 0 Å². The molecule has 2 aromatic heterocycles. The number of hydrogen-bond acceptors (Lipinski definition) is 3. The minimum atomic E-state index is -0.387. The van der Waals surface area contributed by atoms with E-state index in [0.717, 1.165) is 5.69 Å². The lowest BCUT2D eigenvalue weighted by Gasteiger charge is -1.95. The summed E-state index contributed by atoms with van der Waals surface area (Å²) in [7, 11) is 0. The van der Waals surface area contributed by atoms with E-state index in [9.17, 15) is 4.39 Å². The van der Waals surface area contributed by atoms with Gasteiger partial charge in [0.25, 0.3) is 0 Å². The number of halogens is 1. The van der Waals surface area contributed by atoms with Gasteiger partial charge in [0.1, 0.15) is 11.4 Å². The maximum Gasteiger partial charge on any atom is 0.151 e. The van der Waals surface area contributed by atoms with Crippen molar-refractivity contribution in [1.29, 1.82) is 0 Å². The van der Waals surface area contributed by atoms with Crippen LogP contribution in [0, 0.1) is 5.82 Å². The first-order valence-electron chi connectivity index (χ1n) is 4.16. The van der Waals surface area contributed by atoms with E-state index in [1.165, 1.54) is 18.3 Å². The normalized spacial score (nSPS) is 10.4. The molecule has 2 rings (SSSR count). The third-order valence-corrected chi connectivity index (χ3v) is 1.85. The fourth-order valence-corrected chi connectivity index (χ4v) is 1.16. The Morgan fingerprint density at radius 3 is 3.00 bits per heavy atom. The summed E-state index contributed by atoms with van der Waals surface area (Å²) < 4.78 is 13.2. The number of nitrogens with zero attached hydrogens (tertiary/aromatic N) is 2. The molecular weight excluding hydrogens is 183 g/mol. The summed E-state index contributed by atoms with van der Waals surface area (Å²) in [4.78, 5) is 3.90. The van der Waals surface area contributed by atoms with Crippen molar-refractivity contribution in [3.05, 3.63) is 35.9 Å². The van der Waals surface area contributed by atoms with Gasteiger partial charge in [-0.2, -0.15) is 5.10 Å². The van der Waals surface area contributed by atoms with Crippen LogP contribution in [0.2, 0.25) is 0 Å². The summed E-state index contributed by atoms with van der Waals surface area (Å²) in [5.41, 5.74) is 6.86. The highest BCUT2D eigenvalue weighted by atomic mass is 19.1. The molecule has 0 aliphatic rings. The van der Waals surface area contributed by atoms with Crippen LogP contribution >= 0.6 is 0 Å². The zero-order valence-electron chi connectivity index (χ0n) is 7.37. The van der Waals surface area contributed by atoms with E-state index >= 15 is 0 Å². The van der Waals surface area contributed by atoms with E-state index in [-0.39, 0.29) is 11.5 Å². The van der Waals surface area contributed by atoms with Crippen LogP contribution < -0.4 is 5.73 Å². The Morgan fingerprint density at radius 1 is 1.50 bits per heavy atom. The number of nitrogens with two attached hydrogens (primary N) is 1. The average molecular weight is 192 g/mol. The Hall–Kier alpha value is -1.75.